The van der Waals surface area contributed by atoms with Crippen LogP contribution in [0.3, 0.4) is 0 Å². The number of hydrogen-bond acceptors (Lipinski definition) is 2. The summed E-state index contributed by atoms with van der Waals surface area (Å²) in [6.45, 7) is 6.23. The first-order valence-electron chi connectivity index (χ1n) is 6.33. The number of imidazole rings is 1. The molecule has 0 aliphatic rings. The molecule has 1 aromatic heterocycles. The topological polar surface area (TPSA) is 55.1 Å². The van der Waals surface area contributed by atoms with E-state index in [0.717, 1.165) is 29.7 Å². The van der Waals surface area contributed by atoms with Gasteiger partial charge in [-0.15, -0.1) is 0 Å². The third-order valence-corrected chi connectivity index (χ3v) is 3.36. The summed E-state index contributed by atoms with van der Waals surface area (Å²) >= 11 is 0. The molecule has 2 aromatic rings. The summed E-state index contributed by atoms with van der Waals surface area (Å²) in [6, 6.07) is 5.52. The molecule has 1 unspecified atom stereocenters. The number of carbonyl (C=O) groups is 1. The summed E-state index contributed by atoms with van der Waals surface area (Å²) in [6.07, 6.45) is 1.75. The highest BCUT2D eigenvalue weighted by molar-refractivity contribution is 6.01. The van der Waals surface area contributed by atoms with E-state index in [1.807, 2.05) is 13.0 Å². The van der Waals surface area contributed by atoms with Crippen LogP contribution >= 0.6 is 0 Å². The summed E-state index contributed by atoms with van der Waals surface area (Å²) < 4.78 is 2.07. The fraction of sp³-hybridized carbons (Fsp3) is 0.429. The molecule has 0 spiro atoms. The van der Waals surface area contributed by atoms with Gasteiger partial charge in [-0.2, -0.15) is 0 Å². The van der Waals surface area contributed by atoms with Gasteiger partial charge >= 0.3 is 5.97 Å². The minimum absolute atomic E-state index is 0.255. The van der Waals surface area contributed by atoms with Gasteiger partial charge in [-0.05, 0) is 25.5 Å². The molecule has 1 atom stereocenters. The zero-order valence-electron chi connectivity index (χ0n) is 11.0. The number of benzene rings is 1. The van der Waals surface area contributed by atoms with Crippen LogP contribution in [-0.4, -0.2) is 20.6 Å². The number of carboxylic acid groups (broad SMARTS) is 1. The summed E-state index contributed by atoms with van der Waals surface area (Å²) in [4.78, 5) is 15.9. The lowest BCUT2D eigenvalue weighted by atomic mass is 10.1. The fourth-order valence-corrected chi connectivity index (χ4v) is 2.28. The van der Waals surface area contributed by atoms with Crippen molar-refractivity contribution >= 4 is 17.0 Å². The van der Waals surface area contributed by atoms with Gasteiger partial charge in [0.05, 0.1) is 16.6 Å². The maximum Gasteiger partial charge on any atom is 0.337 e. The Hall–Kier alpha value is -1.84. The Morgan fingerprint density at radius 3 is 2.72 bits per heavy atom. The molecule has 1 heterocycles. The zero-order chi connectivity index (χ0) is 13.3. The molecule has 2 rings (SSSR count). The third-order valence-electron chi connectivity index (χ3n) is 3.36. The Morgan fingerprint density at radius 2 is 2.17 bits per heavy atom. The van der Waals surface area contributed by atoms with Gasteiger partial charge in [0.25, 0.3) is 0 Å². The SMILES string of the molecule is CCc1nc2cccc(C(=O)O)c2n1C(C)CC. The lowest BCUT2D eigenvalue weighted by Crippen LogP contribution is -2.10. The van der Waals surface area contributed by atoms with Crippen molar-refractivity contribution in [2.75, 3.05) is 0 Å². The van der Waals surface area contributed by atoms with E-state index in [4.69, 9.17) is 0 Å². The van der Waals surface area contributed by atoms with Gasteiger partial charge in [0.15, 0.2) is 0 Å². The van der Waals surface area contributed by atoms with Crippen LogP contribution in [0, 0.1) is 0 Å². The van der Waals surface area contributed by atoms with Crippen molar-refractivity contribution in [3.05, 3.63) is 29.6 Å². The van der Waals surface area contributed by atoms with Crippen LogP contribution in [0.5, 0.6) is 0 Å². The Kier molecular flexibility index (Phi) is 3.36. The molecular formula is C14H18N2O2. The molecule has 1 N–H and O–H groups in total. The van der Waals surface area contributed by atoms with Gasteiger partial charge < -0.3 is 9.67 Å². The molecule has 18 heavy (non-hydrogen) atoms. The van der Waals surface area contributed by atoms with Gasteiger partial charge in [-0.25, -0.2) is 9.78 Å². The highest BCUT2D eigenvalue weighted by Gasteiger charge is 2.19. The first kappa shape index (κ1) is 12.6. The highest BCUT2D eigenvalue weighted by atomic mass is 16.4. The number of hydrogen-bond donors (Lipinski definition) is 1. The van der Waals surface area contributed by atoms with Crippen molar-refractivity contribution in [3.8, 4) is 0 Å². The Balaban J connectivity index is 2.82. The van der Waals surface area contributed by atoms with Crippen molar-refractivity contribution < 1.29 is 9.90 Å². The predicted molar refractivity (Wildman–Crippen MR) is 71.1 cm³/mol. The van der Waals surface area contributed by atoms with Crippen molar-refractivity contribution in [1.82, 2.24) is 9.55 Å². The van der Waals surface area contributed by atoms with E-state index in [1.54, 1.807) is 12.1 Å². The summed E-state index contributed by atoms with van der Waals surface area (Å²) in [7, 11) is 0. The average molecular weight is 246 g/mol. The van der Waals surface area contributed by atoms with Crippen molar-refractivity contribution in [1.29, 1.82) is 0 Å². The molecule has 1 aromatic carbocycles. The van der Waals surface area contributed by atoms with Crippen LogP contribution in [0.15, 0.2) is 18.2 Å². The summed E-state index contributed by atoms with van der Waals surface area (Å²) in [5.41, 5.74) is 1.85. The van der Waals surface area contributed by atoms with E-state index < -0.39 is 5.97 Å². The van der Waals surface area contributed by atoms with Crippen LogP contribution in [0.25, 0.3) is 11.0 Å². The van der Waals surface area contributed by atoms with E-state index in [-0.39, 0.29) is 6.04 Å². The van der Waals surface area contributed by atoms with E-state index in [0.29, 0.717) is 5.56 Å². The molecule has 0 saturated heterocycles. The lowest BCUT2D eigenvalue weighted by Gasteiger charge is -2.16. The molecule has 0 aliphatic carbocycles. The van der Waals surface area contributed by atoms with Crippen LogP contribution in [0.1, 0.15) is 49.4 Å². The van der Waals surface area contributed by atoms with Crippen LogP contribution in [0.2, 0.25) is 0 Å². The monoisotopic (exact) mass is 246 g/mol. The van der Waals surface area contributed by atoms with Crippen LogP contribution < -0.4 is 0 Å². The molecule has 0 saturated carbocycles. The van der Waals surface area contributed by atoms with Crippen molar-refractivity contribution in [2.45, 2.75) is 39.7 Å². The van der Waals surface area contributed by atoms with E-state index >= 15 is 0 Å². The number of aryl methyl sites for hydroxylation is 1. The van der Waals surface area contributed by atoms with Gasteiger partial charge in [0.1, 0.15) is 5.82 Å². The predicted octanol–water partition coefficient (Wildman–Crippen LogP) is 3.27. The average Bonchev–Trinajstić information content (AvgIpc) is 2.75. The van der Waals surface area contributed by atoms with Crippen LogP contribution in [0.4, 0.5) is 0 Å². The molecule has 0 aliphatic heterocycles. The minimum atomic E-state index is -0.896. The maximum absolute atomic E-state index is 11.3. The van der Waals surface area contributed by atoms with Gasteiger partial charge in [-0.1, -0.05) is 19.9 Å². The van der Waals surface area contributed by atoms with E-state index in [2.05, 4.69) is 23.4 Å². The number of fused-ring (bicyclic) bond motifs is 1. The summed E-state index contributed by atoms with van der Waals surface area (Å²) in [5.74, 6) is 0.0563. The first-order chi connectivity index (χ1) is 8.60. The standard InChI is InChI=1S/C14H18N2O2/c1-4-9(3)16-12(5-2)15-11-8-6-7-10(13(11)16)14(17)18/h6-9H,4-5H2,1-3H3,(H,17,18). The maximum atomic E-state index is 11.3. The molecule has 4 heteroatoms. The normalized spacial score (nSPS) is 12.8. The summed E-state index contributed by atoms with van der Waals surface area (Å²) in [5, 5.41) is 9.30. The highest BCUT2D eigenvalue weighted by Crippen LogP contribution is 2.26. The Bertz CT molecular complexity index is 587. The van der Waals surface area contributed by atoms with Gasteiger partial charge in [0.2, 0.25) is 0 Å². The van der Waals surface area contributed by atoms with Crippen LogP contribution in [-0.2, 0) is 6.42 Å². The molecule has 4 nitrogen and oxygen atoms in total. The lowest BCUT2D eigenvalue weighted by molar-refractivity contribution is 0.0698. The number of aromatic nitrogens is 2. The number of nitrogens with zero attached hydrogens (tertiary/aromatic N) is 2. The second-order valence-corrected chi connectivity index (χ2v) is 4.49. The second kappa shape index (κ2) is 4.80. The Morgan fingerprint density at radius 1 is 1.44 bits per heavy atom. The number of carboxylic acids is 1. The smallest absolute Gasteiger partial charge is 0.337 e. The number of aromatic carboxylic acids is 1. The quantitative estimate of drug-likeness (QED) is 0.900. The third kappa shape index (κ3) is 1.88. The van der Waals surface area contributed by atoms with E-state index in [9.17, 15) is 9.90 Å². The first-order valence-corrected chi connectivity index (χ1v) is 6.33. The molecule has 0 bridgehead atoms. The molecule has 0 radical (unpaired) electrons. The molecule has 0 amide bonds. The molecular weight excluding hydrogens is 228 g/mol. The minimum Gasteiger partial charge on any atom is -0.478 e. The molecule has 0 fully saturated rings. The molecule has 96 valence electrons. The van der Waals surface area contributed by atoms with Gasteiger partial charge in [0, 0.05) is 12.5 Å². The Labute approximate surface area is 106 Å². The largest absolute Gasteiger partial charge is 0.478 e. The zero-order valence-corrected chi connectivity index (χ0v) is 11.0. The van der Waals surface area contributed by atoms with Crippen molar-refractivity contribution in [2.24, 2.45) is 0 Å². The number of rotatable bonds is 4. The van der Waals surface area contributed by atoms with Crippen molar-refractivity contribution in [3.63, 3.8) is 0 Å². The number of para-hydroxylation sites is 1. The van der Waals surface area contributed by atoms with E-state index in [1.165, 1.54) is 0 Å². The second-order valence-electron chi connectivity index (χ2n) is 4.49. The fourth-order valence-electron chi connectivity index (χ4n) is 2.28. The van der Waals surface area contributed by atoms with Gasteiger partial charge in [-0.3, -0.25) is 0 Å².